The van der Waals surface area contributed by atoms with Gasteiger partial charge in [0.2, 0.25) is 10.0 Å². The van der Waals surface area contributed by atoms with E-state index in [4.69, 9.17) is 5.73 Å². The lowest BCUT2D eigenvalue weighted by atomic mass is 10.2. The van der Waals surface area contributed by atoms with Gasteiger partial charge in [-0.1, -0.05) is 0 Å². The van der Waals surface area contributed by atoms with E-state index in [1.807, 2.05) is 0 Å². The second-order valence-corrected chi connectivity index (χ2v) is 6.59. The fraction of sp³-hybridized carbons (Fsp3) is 0.462. The van der Waals surface area contributed by atoms with E-state index < -0.39 is 21.7 Å². The highest BCUT2D eigenvalue weighted by Gasteiger charge is 2.24. The quantitative estimate of drug-likeness (QED) is 0.817. The molecule has 124 valence electrons. The number of carbonyl (C=O) groups excluding carboxylic acids is 1. The fourth-order valence-electron chi connectivity index (χ4n) is 2.20. The summed E-state index contributed by atoms with van der Waals surface area (Å²) in [5.41, 5.74) is 5.12. The molecule has 0 radical (unpaired) electrons. The van der Waals surface area contributed by atoms with Gasteiger partial charge in [-0.25, -0.2) is 17.5 Å². The molecule has 1 aromatic carbocycles. The predicted molar refractivity (Wildman–Crippen MR) is 83.0 cm³/mol. The molecule has 6 nitrogen and oxygen atoms in total. The Kier molecular flexibility index (Phi) is 6.73. The van der Waals surface area contributed by atoms with Crippen molar-refractivity contribution in [1.29, 1.82) is 0 Å². The summed E-state index contributed by atoms with van der Waals surface area (Å²) in [7, 11) is -3.80. The van der Waals surface area contributed by atoms with Crippen molar-refractivity contribution in [3.8, 4) is 0 Å². The molecule has 0 atom stereocenters. The van der Waals surface area contributed by atoms with Crippen molar-refractivity contribution in [1.82, 2.24) is 9.62 Å². The van der Waals surface area contributed by atoms with E-state index in [1.165, 1.54) is 12.1 Å². The third-order valence-electron chi connectivity index (χ3n) is 3.31. The highest BCUT2D eigenvalue weighted by Crippen LogP contribution is 2.18. The molecule has 0 bridgehead atoms. The Morgan fingerprint density at radius 3 is 2.50 bits per heavy atom. The minimum absolute atomic E-state index is 0. The van der Waals surface area contributed by atoms with Gasteiger partial charge in [0.05, 0.1) is 10.5 Å². The minimum atomic E-state index is -3.80. The van der Waals surface area contributed by atoms with Crippen molar-refractivity contribution >= 4 is 28.3 Å². The van der Waals surface area contributed by atoms with Crippen molar-refractivity contribution in [2.45, 2.75) is 17.7 Å². The van der Waals surface area contributed by atoms with Gasteiger partial charge in [-0.2, -0.15) is 0 Å². The fourth-order valence-corrected chi connectivity index (χ4v) is 3.26. The van der Waals surface area contributed by atoms with Gasteiger partial charge in [0.15, 0.2) is 0 Å². The summed E-state index contributed by atoms with van der Waals surface area (Å²) in [6.07, 6.45) is 1.81. The summed E-state index contributed by atoms with van der Waals surface area (Å²) in [6.45, 7) is 1.43. The van der Waals surface area contributed by atoms with Gasteiger partial charge in [0, 0.05) is 26.2 Å². The number of nitrogens with zero attached hydrogens (tertiary/aromatic N) is 1. The molecule has 0 aliphatic carbocycles. The van der Waals surface area contributed by atoms with Crippen molar-refractivity contribution in [3.63, 3.8) is 0 Å². The summed E-state index contributed by atoms with van der Waals surface area (Å²) in [5.74, 6) is -1.23. The molecule has 0 aromatic heterocycles. The SMILES string of the molecule is Cl.NCCNS(=O)(=O)c1ccc(C(=O)N2CCCC2)c(F)c1. The summed E-state index contributed by atoms with van der Waals surface area (Å²) in [5, 5.41) is 0. The normalized spacial score (nSPS) is 14.7. The summed E-state index contributed by atoms with van der Waals surface area (Å²) in [6, 6.07) is 3.31. The van der Waals surface area contributed by atoms with Gasteiger partial charge in [-0.05, 0) is 31.0 Å². The van der Waals surface area contributed by atoms with Gasteiger partial charge in [0.25, 0.3) is 5.91 Å². The largest absolute Gasteiger partial charge is 0.339 e. The van der Waals surface area contributed by atoms with Crippen LogP contribution in [0, 0.1) is 5.82 Å². The first kappa shape index (κ1) is 18.8. The first-order valence-electron chi connectivity index (χ1n) is 6.74. The number of hydrogen-bond acceptors (Lipinski definition) is 4. The lowest BCUT2D eigenvalue weighted by Crippen LogP contribution is -2.30. The number of nitrogens with two attached hydrogens (primary N) is 1. The highest BCUT2D eigenvalue weighted by molar-refractivity contribution is 7.89. The zero-order valence-electron chi connectivity index (χ0n) is 11.9. The number of sulfonamides is 1. The van der Waals surface area contributed by atoms with Crippen molar-refractivity contribution in [3.05, 3.63) is 29.6 Å². The van der Waals surface area contributed by atoms with Crippen LogP contribution in [0.25, 0.3) is 0 Å². The third kappa shape index (κ3) is 4.16. The van der Waals surface area contributed by atoms with E-state index >= 15 is 0 Å². The van der Waals surface area contributed by atoms with E-state index in [2.05, 4.69) is 4.72 Å². The number of amides is 1. The van der Waals surface area contributed by atoms with E-state index in [9.17, 15) is 17.6 Å². The second kappa shape index (κ2) is 7.87. The van der Waals surface area contributed by atoms with Crippen LogP contribution in [0.3, 0.4) is 0 Å². The molecule has 1 aromatic rings. The molecule has 0 unspecified atom stereocenters. The molecule has 1 aliphatic heterocycles. The van der Waals surface area contributed by atoms with Gasteiger partial charge in [0.1, 0.15) is 5.82 Å². The Labute approximate surface area is 135 Å². The highest BCUT2D eigenvalue weighted by atomic mass is 35.5. The second-order valence-electron chi connectivity index (χ2n) is 4.83. The topological polar surface area (TPSA) is 92.5 Å². The summed E-state index contributed by atoms with van der Waals surface area (Å²) in [4.78, 5) is 13.5. The van der Waals surface area contributed by atoms with Crippen LogP contribution in [0.5, 0.6) is 0 Å². The van der Waals surface area contributed by atoms with Crippen LogP contribution >= 0.6 is 12.4 Å². The molecular weight excluding hydrogens is 333 g/mol. The molecule has 1 amide bonds. The number of hydrogen-bond donors (Lipinski definition) is 2. The Hall–Kier alpha value is -1.22. The molecule has 3 N–H and O–H groups in total. The van der Waals surface area contributed by atoms with Gasteiger partial charge < -0.3 is 10.6 Å². The maximum atomic E-state index is 14.0. The van der Waals surface area contributed by atoms with E-state index in [1.54, 1.807) is 4.90 Å². The Bertz CT molecular complexity index is 633. The minimum Gasteiger partial charge on any atom is -0.339 e. The number of carbonyl (C=O) groups is 1. The Morgan fingerprint density at radius 1 is 1.32 bits per heavy atom. The maximum absolute atomic E-state index is 14.0. The summed E-state index contributed by atoms with van der Waals surface area (Å²) >= 11 is 0. The zero-order valence-corrected chi connectivity index (χ0v) is 13.6. The molecule has 9 heteroatoms. The molecule has 1 fully saturated rings. The number of nitrogens with one attached hydrogen (secondary N) is 1. The number of benzene rings is 1. The number of halogens is 2. The van der Waals surface area contributed by atoms with Gasteiger partial charge in [-0.3, -0.25) is 4.79 Å². The van der Waals surface area contributed by atoms with Crippen LogP contribution in [0.1, 0.15) is 23.2 Å². The molecule has 0 spiro atoms. The van der Waals surface area contributed by atoms with Crippen LogP contribution in [0.15, 0.2) is 23.1 Å². The average molecular weight is 352 g/mol. The summed E-state index contributed by atoms with van der Waals surface area (Å²) < 4.78 is 40.0. The molecule has 1 aliphatic rings. The molecule has 2 rings (SSSR count). The monoisotopic (exact) mass is 351 g/mol. The van der Waals surface area contributed by atoms with Crippen molar-refractivity contribution < 1.29 is 17.6 Å². The van der Waals surface area contributed by atoms with E-state index in [-0.39, 0.29) is 36.0 Å². The molecule has 0 saturated carbocycles. The van der Waals surface area contributed by atoms with Crippen LogP contribution in [0.4, 0.5) is 4.39 Å². The molecule has 22 heavy (non-hydrogen) atoms. The molecule has 1 saturated heterocycles. The zero-order chi connectivity index (χ0) is 15.5. The number of rotatable bonds is 5. The van der Waals surface area contributed by atoms with Crippen molar-refractivity contribution in [2.24, 2.45) is 5.73 Å². The smallest absolute Gasteiger partial charge is 0.256 e. The lowest BCUT2D eigenvalue weighted by molar-refractivity contribution is 0.0788. The first-order valence-corrected chi connectivity index (χ1v) is 8.22. The van der Waals surface area contributed by atoms with Crippen LogP contribution < -0.4 is 10.5 Å². The van der Waals surface area contributed by atoms with Crippen LogP contribution in [-0.2, 0) is 10.0 Å². The van der Waals surface area contributed by atoms with E-state index in [0.29, 0.717) is 13.1 Å². The Balaban J connectivity index is 0.00000242. The van der Waals surface area contributed by atoms with Crippen LogP contribution in [0.2, 0.25) is 0 Å². The molecular formula is C13H19ClFN3O3S. The predicted octanol–water partition coefficient (Wildman–Crippen LogP) is 0.720. The maximum Gasteiger partial charge on any atom is 0.256 e. The van der Waals surface area contributed by atoms with Gasteiger partial charge >= 0.3 is 0 Å². The van der Waals surface area contributed by atoms with Crippen molar-refractivity contribution in [2.75, 3.05) is 26.2 Å². The first-order chi connectivity index (χ1) is 9.95. The van der Waals surface area contributed by atoms with Gasteiger partial charge in [-0.15, -0.1) is 12.4 Å². The number of likely N-dealkylation sites (tertiary alicyclic amines) is 1. The Morgan fingerprint density at radius 2 is 1.95 bits per heavy atom. The van der Waals surface area contributed by atoms with Crippen LogP contribution in [-0.4, -0.2) is 45.4 Å². The standard InChI is InChI=1S/C13H18FN3O3S.ClH/c14-12-9-10(21(19,20)16-6-5-15)3-4-11(12)13(18)17-7-1-2-8-17;/h3-4,9,16H,1-2,5-8,15H2;1H. The molecule has 1 heterocycles. The third-order valence-corrected chi connectivity index (χ3v) is 4.77. The van der Waals surface area contributed by atoms with E-state index in [0.717, 1.165) is 18.9 Å². The lowest BCUT2D eigenvalue weighted by Gasteiger charge is -2.16. The average Bonchev–Trinajstić information content (AvgIpc) is 2.98.